The van der Waals surface area contributed by atoms with Crippen molar-refractivity contribution in [3.63, 3.8) is 0 Å². The fourth-order valence-corrected chi connectivity index (χ4v) is 2.91. The number of hydrogen-bond donors (Lipinski definition) is 1. The number of rotatable bonds is 4. The highest BCUT2D eigenvalue weighted by molar-refractivity contribution is 7.17. The van der Waals surface area contributed by atoms with Gasteiger partial charge in [0.25, 0.3) is 0 Å². The highest BCUT2D eigenvalue weighted by atomic mass is 32.1. The van der Waals surface area contributed by atoms with Crippen LogP contribution in [0.25, 0.3) is 0 Å². The number of hydrogen-bond acceptors (Lipinski definition) is 6. The number of morpholine rings is 1. The predicted octanol–water partition coefficient (Wildman–Crippen LogP) is 1.94. The Balaban J connectivity index is 1.56. The van der Waals surface area contributed by atoms with E-state index in [1.54, 1.807) is 29.7 Å². The van der Waals surface area contributed by atoms with Crippen LogP contribution in [0.4, 0.5) is 5.00 Å². The van der Waals surface area contributed by atoms with Crippen molar-refractivity contribution in [3.05, 3.63) is 41.2 Å². The highest BCUT2D eigenvalue weighted by Gasteiger charge is 2.12. The lowest BCUT2D eigenvalue weighted by Gasteiger charge is -2.27. The smallest absolute Gasteiger partial charge is 0.307 e. The molecule has 1 fully saturated rings. The lowest BCUT2D eigenvalue weighted by atomic mass is 10.4. The molecule has 21 heavy (non-hydrogen) atoms. The van der Waals surface area contributed by atoms with Gasteiger partial charge < -0.3 is 14.1 Å². The molecule has 0 aromatic carbocycles. The first-order valence-electron chi connectivity index (χ1n) is 6.62. The minimum Gasteiger partial charge on any atom is -0.459 e. The molecule has 6 nitrogen and oxygen atoms in total. The van der Waals surface area contributed by atoms with Gasteiger partial charge in [0.1, 0.15) is 0 Å². The Morgan fingerprint density at radius 2 is 2.19 bits per heavy atom. The highest BCUT2D eigenvalue weighted by Crippen LogP contribution is 2.25. The van der Waals surface area contributed by atoms with Crippen molar-refractivity contribution >= 4 is 28.5 Å². The van der Waals surface area contributed by atoms with Crippen molar-refractivity contribution in [3.8, 4) is 0 Å². The first-order valence-corrected chi connectivity index (χ1v) is 7.44. The van der Waals surface area contributed by atoms with Crippen molar-refractivity contribution in [1.29, 1.82) is 0 Å². The van der Waals surface area contributed by atoms with E-state index in [4.69, 9.17) is 9.15 Å². The number of nitrogens with one attached hydrogen (secondary N) is 1. The summed E-state index contributed by atoms with van der Waals surface area (Å²) < 4.78 is 10.3. The third-order valence-electron chi connectivity index (χ3n) is 3.04. The predicted molar refractivity (Wildman–Crippen MR) is 81.1 cm³/mol. The number of anilines is 1. The van der Waals surface area contributed by atoms with E-state index in [9.17, 15) is 4.79 Å². The number of carbonyl (C=O) groups is 1. The average Bonchev–Trinajstić information content (AvgIpc) is 3.20. The van der Waals surface area contributed by atoms with Gasteiger partial charge in [0.05, 0.1) is 30.7 Å². The summed E-state index contributed by atoms with van der Waals surface area (Å²) >= 11 is 1.63. The zero-order valence-corrected chi connectivity index (χ0v) is 12.1. The minimum absolute atomic E-state index is 0.243. The largest absolute Gasteiger partial charge is 0.459 e. The van der Waals surface area contributed by atoms with Crippen LogP contribution in [0, 0.1) is 0 Å². The van der Waals surface area contributed by atoms with E-state index in [2.05, 4.69) is 21.5 Å². The van der Waals surface area contributed by atoms with Crippen LogP contribution in [0.15, 0.2) is 40.0 Å². The Kier molecular flexibility index (Phi) is 4.32. The van der Waals surface area contributed by atoms with Gasteiger partial charge in [0.2, 0.25) is 0 Å². The van der Waals surface area contributed by atoms with Crippen molar-refractivity contribution in [2.24, 2.45) is 5.10 Å². The lowest BCUT2D eigenvalue weighted by Crippen LogP contribution is -2.35. The maximum Gasteiger partial charge on any atom is 0.307 e. The molecular formula is C14H15N3O3S. The summed E-state index contributed by atoms with van der Waals surface area (Å²) in [5.74, 6) is -0.117. The maximum absolute atomic E-state index is 11.6. The number of nitrogens with zero attached hydrogens (tertiary/aromatic N) is 2. The first-order chi connectivity index (χ1) is 10.3. The zero-order chi connectivity index (χ0) is 14.5. The van der Waals surface area contributed by atoms with Crippen molar-refractivity contribution < 1.29 is 13.9 Å². The van der Waals surface area contributed by atoms with E-state index in [1.807, 2.05) is 6.07 Å². The second kappa shape index (κ2) is 6.55. The van der Waals surface area contributed by atoms with E-state index in [1.165, 1.54) is 11.3 Å². The normalized spacial score (nSPS) is 15.5. The Morgan fingerprint density at radius 3 is 2.95 bits per heavy atom. The number of thiophene rings is 1. The van der Waals surface area contributed by atoms with Crippen molar-refractivity contribution in [2.75, 3.05) is 31.2 Å². The van der Waals surface area contributed by atoms with E-state index >= 15 is 0 Å². The molecule has 110 valence electrons. The molecule has 0 aliphatic carbocycles. The Hall–Kier alpha value is -2.12. The molecule has 0 bridgehead atoms. The van der Waals surface area contributed by atoms with Gasteiger partial charge in [0.15, 0.2) is 5.76 Å². The van der Waals surface area contributed by atoms with Crippen LogP contribution >= 0.6 is 11.3 Å². The standard InChI is InChI=1S/C14H15N3O3S/c18-14(12-2-1-7-20-12)16-15-10-11-3-4-13(21-11)17-5-8-19-9-6-17/h1-4,7,10H,5-6,8-9H2,(H,16,18)/b15-10-. The van der Waals surface area contributed by atoms with Gasteiger partial charge in [-0.15, -0.1) is 11.3 Å². The van der Waals surface area contributed by atoms with Crippen LogP contribution < -0.4 is 10.3 Å². The summed E-state index contributed by atoms with van der Waals surface area (Å²) in [6, 6.07) is 7.29. The summed E-state index contributed by atoms with van der Waals surface area (Å²) in [5.41, 5.74) is 2.43. The molecular weight excluding hydrogens is 290 g/mol. The van der Waals surface area contributed by atoms with E-state index in [-0.39, 0.29) is 11.7 Å². The van der Waals surface area contributed by atoms with Gasteiger partial charge >= 0.3 is 5.91 Å². The molecule has 1 aliphatic rings. The number of carbonyl (C=O) groups excluding carboxylic acids is 1. The van der Waals surface area contributed by atoms with Crippen LogP contribution in [0.5, 0.6) is 0 Å². The van der Waals surface area contributed by atoms with Gasteiger partial charge in [-0.05, 0) is 24.3 Å². The molecule has 1 N–H and O–H groups in total. The molecule has 1 amide bonds. The monoisotopic (exact) mass is 305 g/mol. The third-order valence-corrected chi connectivity index (χ3v) is 4.12. The fraction of sp³-hybridized carbons (Fsp3) is 0.286. The molecule has 3 heterocycles. The van der Waals surface area contributed by atoms with Gasteiger partial charge in [0, 0.05) is 18.0 Å². The molecule has 0 unspecified atom stereocenters. The third kappa shape index (κ3) is 3.50. The molecule has 3 rings (SSSR count). The van der Waals surface area contributed by atoms with E-state index in [0.717, 1.165) is 31.2 Å². The molecule has 2 aromatic heterocycles. The van der Waals surface area contributed by atoms with E-state index in [0.29, 0.717) is 0 Å². The Morgan fingerprint density at radius 1 is 1.33 bits per heavy atom. The van der Waals surface area contributed by atoms with Crippen LogP contribution in [-0.4, -0.2) is 38.4 Å². The number of hydrazone groups is 1. The molecule has 2 aromatic rings. The van der Waals surface area contributed by atoms with E-state index < -0.39 is 0 Å². The summed E-state index contributed by atoms with van der Waals surface area (Å²) in [5, 5.41) is 5.13. The molecule has 1 saturated heterocycles. The van der Waals surface area contributed by atoms with Gasteiger partial charge in [-0.1, -0.05) is 0 Å². The van der Waals surface area contributed by atoms with Crippen molar-refractivity contribution in [1.82, 2.24) is 5.43 Å². The molecule has 0 radical (unpaired) electrons. The average molecular weight is 305 g/mol. The maximum atomic E-state index is 11.6. The van der Waals surface area contributed by atoms with Crippen LogP contribution in [0.1, 0.15) is 15.4 Å². The van der Waals surface area contributed by atoms with Gasteiger partial charge in [-0.2, -0.15) is 5.10 Å². The SMILES string of the molecule is O=C(N/N=C\c1ccc(N2CCOCC2)s1)c1ccco1. The molecule has 7 heteroatoms. The Bertz CT molecular complexity index is 615. The molecule has 0 spiro atoms. The molecule has 1 aliphatic heterocycles. The summed E-state index contributed by atoms with van der Waals surface area (Å²) in [6.45, 7) is 3.35. The van der Waals surface area contributed by atoms with Gasteiger partial charge in [-0.25, -0.2) is 5.43 Å². The quantitative estimate of drug-likeness (QED) is 0.692. The van der Waals surface area contributed by atoms with Crippen LogP contribution in [-0.2, 0) is 4.74 Å². The van der Waals surface area contributed by atoms with Gasteiger partial charge in [-0.3, -0.25) is 4.79 Å². The minimum atomic E-state index is -0.360. The van der Waals surface area contributed by atoms with Crippen molar-refractivity contribution in [2.45, 2.75) is 0 Å². The fourth-order valence-electron chi connectivity index (χ4n) is 1.98. The second-order valence-electron chi connectivity index (χ2n) is 4.45. The first kappa shape index (κ1) is 13.8. The molecule has 0 saturated carbocycles. The van der Waals surface area contributed by atoms with Crippen LogP contribution in [0.2, 0.25) is 0 Å². The number of amides is 1. The topological polar surface area (TPSA) is 67.1 Å². The summed E-state index contributed by atoms with van der Waals surface area (Å²) in [4.78, 5) is 14.9. The van der Waals surface area contributed by atoms with Crippen LogP contribution in [0.3, 0.4) is 0 Å². The molecule has 0 atom stereocenters. The Labute approximate surface area is 126 Å². The second-order valence-corrected chi connectivity index (χ2v) is 5.55. The number of furan rings is 1. The summed E-state index contributed by atoms with van der Waals surface area (Å²) in [7, 11) is 0. The lowest BCUT2D eigenvalue weighted by molar-refractivity contribution is 0.0927. The zero-order valence-electron chi connectivity index (χ0n) is 11.3. The summed E-state index contributed by atoms with van der Waals surface area (Å²) in [6.07, 6.45) is 3.09. The number of ether oxygens (including phenoxy) is 1.